The van der Waals surface area contributed by atoms with E-state index in [4.69, 9.17) is 21.9 Å². The van der Waals surface area contributed by atoms with Gasteiger partial charge in [-0.1, -0.05) is 19.1 Å². The molecule has 1 aromatic carbocycles. The highest BCUT2D eigenvalue weighted by Crippen LogP contribution is 2.20. The quantitative estimate of drug-likeness (QED) is 0.377. The average Bonchev–Trinajstić information content (AvgIpc) is 2.54. The normalized spacial score (nSPS) is 9.52. The van der Waals surface area contributed by atoms with Crippen LogP contribution in [0.1, 0.15) is 26.7 Å². The number of aromatic nitrogens is 1. The minimum Gasteiger partial charge on any atom is -0.424 e. The standard InChI is InChI=1S/C10H13NO2.C7H10N4O/c1-2-5-10(12)13-9-7-4-3-6-8(9)11;1-4(12)10-7-5(8)2-3-6(9)11-7/h3-4,6-7H,2,5,11H2,1H3;2-3H,8H2,1H3,(H3,9,10,11,12). The first kappa shape index (κ1) is 19.8. The maximum absolute atomic E-state index is 11.1. The van der Waals surface area contributed by atoms with Gasteiger partial charge in [0.05, 0.1) is 11.4 Å². The molecule has 2 aromatic rings. The van der Waals surface area contributed by atoms with Crippen LogP contribution >= 0.6 is 0 Å². The number of ether oxygens (including phenoxy) is 1. The van der Waals surface area contributed by atoms with Gasteiger partial charge in [0.2, 0.25) is 5.91 Å². The van der Waals surface area contributed by atoms with Crippen LogP contribution < -0.4 is 27.3 Å². The van der Waals surface area contributed by atoms with E-state index in [1.807, 2.05) is 6.92 Å². The zero-order chi connectivity index (χ0) is 18.8. The van der Waals surface area contributed by atoms with Crippen LogP contribution in [-0.2, 0) is 9.59 Å². The molecule has 0 fully saturated rings. The molecule has 1 amide bonds. The summed E-state index contributed by atoms with van der Waals surface area (Å²) < 4.78 is 5.02. The van der Waals surface area contributed by atoms with Crippen LogP contribution in [0.15, 0.2) is 36.4 Å². The van der Waals surface area contributed by atoms with Crippen LogP contribution in [0.5, 0.6) is 5.75 Å². The van der Waals surface area contributed by atoms with Crippen molar-refractivity contribution in [2.24, 2.45) is 0 Å². The summed E-state index contributed by atoms with van der Waals surface area (Å²) in [5.74, 6) is 0.622. The van der Waals surface area contributed by atoms with Crippen molar-refractivity contribution in [3.63, 3.8) is 0 Å². The second kappa shape index (κ2) is 9.76. The molecule has 8 heteroatoms. The number of para-hydroxylation sites is 2. The van der Waals surface area contributed by atoms with Gasteiger partial charge >= 0.3 is 5.97 Å². The van der Waals surface area contributed by atoms with E-state index in [1.165, 1.54) is 6.92 Å². The molecule has 0 aliphatic rings. The molecule has 7 N–H and O–H groups in total. The van der Waals surface area contributed by atoms with Gasteiger partial charge in [-0.05, 0) is 30.7 Å². The Morgan fingerprint density at radius 1 is 1.08 bits per heavy atom. The van der Waals surface area contributed by atoms with E-state index in [9.17, 15) is 9.59 Å². The molecule has 1 aromatic heterocycles. The van der Waals surface area contributed by atoms with E-state index in [-0.39, 0.29) is 11.9 Å². The maximum atomic E-state index is 11.1. The van der Waals surface area contributed by atoms with Gasteiger partial charge in [0.25, 0.3) is 0 Å². The molecule has 1 heterocycles. The highest BCUT2D eigenvalue weighted by Gasteiger charge is 2.05. The Hall–Kier alpha value is -3.29. The van der Waals surface area contributed by atoms with Crippen molar-refractivity contribution in [3.8, 4) is 5.75 Å². The number of nitrogens with zero attached hydrogens (tertiary/aromatic N) is 1. The summed E-state index contributed by atoms with van der Waals surface area (Å²) in [5.41, 5.74) is 17.4. The van der Waals surface area contributed by atoms with Gasteiger partial charge in [-0.15, -0.1) is 0 Å². The number of hydrogen-bond acceptors (Lipinski definition) is 7. The molecule has 0 aliphatic heterocycles. The summed E-state index contributed by atoms with van der Waals surface area (Å²) >= 11 is 0. The minimum absolute atomic E-state index is 0.222. The molecule has 0 bridgehead atoms. The van der Waals surface area contributed by atoms with Crippen molar-refractivity contribution in [3.05, 3.63) is 36.4 Å². The number of nitrogens with two attached hydrogens (primary N) is 3. The molecular formula is C17H23N5O3. The summed E-state index contributed by atoms with van der Waals surface area (Å²) in [6, 6.07) is 10.1. The third-order valence-corrected chi connectivity index (χ3v) is 2.84. The molecule has 0 saturated carbocycles. The predicted molar refractivity (Wildman–Crippen MR) is 98.8 cm³/mol. The average molecular weight is 345 g/mol. The summed E-state index contributed by atoms with van der Waals surface area (Å²) in [5, 5.41) is 2.46. The number of esters is 1. The van der Waals surface area contributed by atoms with Gasteiger partial charge in [-0.2, -0.15) is 0 Å². The van der Waals surface area contributed by atoms with Crippen molar-refractivity contribution in [2.75, 3.05) is 22.5 Å². The van der Waals surface area contributed by atoms with Gasteiger partial charge < -0.3 is 27.3 Å². The Morgan fingerprint density at radius 2 is 1.76 bits per heavy atom. The van der Waals surface area contributed by atoms with Crippen LogP contribution in [-0.4, -0.2) is 16.9 Å². The molecule has 8 nitrogen and oxygen atoms in total. The SMILES string of the molecule is CC(=O)Nc1nc(N)ccc1N.CCCC(=O)Oc1ccccc1N. The van der Waals surface area contributed by atoms with E-state index in [1.54, 1.807) is 36.4 Å². The van der Waals surface area contributed by atoms with E-state index in [2.05, 4.69) is 10.3 Å². The highest BCUT2D eigenvalue weighted by molar-refractivity contribution is 5.90. The van der Waals surface area contributed by atoms with Gasteiger partial charge in [0.1, 0.15) is 5.82 Å². The number of hydrogen-bond donors (Lipinski definition) is 4. The van der Waals surface area contributed by atoms with Crippen LogP contribution in [0.2, 0.25) is 0 Å². The smallest absolute Gasteiger partial charge is 0.311 e. The molecule has 2 rings (SSSR count). The number of pyridine rings is 1. The number of nitrogen functional groups attached to an aromatic ring is 3. The lowest BCUT2D eigenvalue weighted by atomic mass is 10.3. The minimum atomic E-state index is -0.236. The largest absolute Gasteiger partial charge is 0.424 e. The zero-order valence-corrected chi connectivity index (χ0v) is 14.3. The first-order valence-electron chi connectivity index (χ1n) is 7.68. The molecule has 0 radical (unpaired) electrons. The van der Waals surface area contributed by atoms with E-state index in [0.29, 0.717) is 35.2 Å². The Balaban J connectivity index is 0.000000251. The maximum Gasteiger partial charge on any atom is 0.311 e. The zero-order valence-electron chi connectivity index (χ0n) is 14.3. The molecule has 25 heavy (non-hydrogen) atoms. The third-order valence-electron chi connectivity index (χ3n) is 2.84. The van der Waals surface area contributed by atoms with Crippen LogP contribution in [0.25, 0.3) is 0 Å². The van der Waals surface area contributed by atoms with Crippen molar-refractivity contribution in [1.82, 2.24) is 4.98 Å². The van der Waals surface area contributed by atoms with E-state index < -0.39 is 0 Å². The number of benzene rings is 1. The number of rotatable bonds is 4. The van der Waals surface area contributed by atoms with Crippen molar-refractivity contribution in [1.29, 1.82) is 0 Å². The van der Waals surface area contributed by atoms with Crippen molar-refractivity contribution >= 4 is 34.9 Å². The second-order valence-corrected chi connectivity index (χ2v) is 5.12. The van der Waals surface area contributed by atoms with E-state index >= 15 is 0 Å². The molecule has 134 valence electrons. The van der Waals surface area contributed by atoms with Gasteiger partial charge in [-0.25, -0.2) is 4.98 Å². The van der Waals surface area contributed by atoms with Crippen LogP contribution in [0.3, 0.4) is 0 Å². The van der Waals surface area contributed by atoms with Crippen molar-refractivity contribution in [2.45, 2.75) is 26.7 Å². The number of anilines is 4. The van der Waals surface area contributed by atoms with Crippen LogP contribution in [0.4, 0.5) is 23.0 Å². The first-order chi connectivity index (χ1) is 11.8. The second-order valence-electron chi connectivity index (χ2n) is 5.12. The predicted octanol–water partition coefficient (Wildman–Crippen LogP) is 2.18. The fraction of sp³-hybridized carbons (Fsp3) is 0.235. The van der Waals surface area contributed by atoms with Gasteiger partial charge in [-0.3, -0.25) is 9.59 Å². The molecule has 0 aliphatic carbocycles. The lowest BCUT2D eigenvalue weighted by Gasteiger charge is -2.05. The molecular weight excluding hydrogens is 322 g/mol. The Kier molecular flexibility index (Phi) is 7.71. The number of nitrogens with one attached hydrogen (secondary N) is 1. The first-order valence-corrected chi connectivity index (χ1v) is 7.68. The fourth-order valence-electron chi connectivity index (χ4n) is 1.70. The van der Waals surface area contributed by atoms with E-state index in [0.717, 1.165) is 6.42 Å². The Labute approximate surface area is 146 Å². The summed E-state index contributed by atoms with van der Waals surface area (Å²) in [4.78, 5) is 25.5. The Bertz CT molecular complexity index is 734. The van der Waals surface area contributed by atoms with Gasteiger partial charge in [0.15, 0.2) is 11.6 Å². The summed E-state index contributed by atoms with van der Waals surface area (Å²) in [7, 11) is 0. The lowest BCUT2D eigenvalue weighted by molar-refractivity contribution is -0.134. The Morgan fingerprint density at radius 3 is 2.36 bits per heavy atom. The summed E-state index contributed by atoms with van der Waals surface area (Å²) in [6.07, 6.45) is 1.21. The fourth-order valence-corrected chi connectivity index (χ4v) is 1.70. The topological polar surface area (TPSA) is 146 Å². The number of amides is 1. The van der Waals surface area contributed by atoms with Crippen LogP contribution in [0, 0.1) is 0 Å². The van der Waals surface area contributed by atoms with Crippen molar-refractivity contribution < 1.29 is 14.3 Å². The molecule has 0 unspecified atom stereocenters. The number of carbonyl (C=O) groups is 2. The third kappa shape index (κ3) is 7.21. The number of carbonyl (C=O) groups excluding carboxylic acids is 2. The monoisotopic (exact) mass is 345 g/mol. The highest BCUT2D eigenvalue weighted by atomic mass is 16.5. The lowest BCUT2D eigenvalue weighted by Crippen LogP contribution is -2.10. The van der Waals surface area contributed by atoms with Gasteiger partial charge in [0, 0.05) is 13.3 Å². The summed E-state index contributed by atoms with van der Waals surface area (Å²) in [6.45, 7) is 3.31. The molecule has 0 atom stereocenters. The molecule has 0 saturated heterocycles. The molecule has 0 spiro atoms.